The van der Waals surface area contributed by atoms with Crippen LogP contribution in [-0.2, 0) is 10.0 Å². The predicted molar refractivity (Wildman–Crippen MR) is 98.4 cm³/mol. The van der Waals surface area contributed by atoms with Crippen LogP contribution in [0.2, 0.25) is 10.0 Å². The summed E-state index contributed by atoms with van der Waals surface area (Å²) in [6, 6.07) is 9.62. The van der Waals surface area contributed by atoms with E-state index in [1.54, 1.807) is 6.07 Å². The molecule has 0 spiro atoms. The first kappa shape index (κ1) is 17.0. The van der Waals surface area contributed by atoms with Gasteiger partial charge in [0.15, 0.2) is 0 Å². The Morgan fingerprint density at radius 2 is 1.96 bits per heavy atom. The third-order valence-corrected chi connectivity index (χ3v) is 6.69. The van der Waals surface area contributed by atoms with E-state index in [2.05, 4.69) is 10.0 Å². The van der Waals surface area contributed by atoms with Crippen LogP contribution in [0.1, 0.15) is 17.9 Å². The van der Waals surface area contributed by atoms with E-state index >= 15 is 0 Å². The molecule has 2 aromatic carbocycles. The molecule has 5 nitrogen and oxygen atoms in total. The van der Waals surface area contributed by atoms with E-state index in [-0.39, 0.29) is 16.0 Å². The number of anilines is 1. The molecule has 2 heterocycles. The van der Waals surface area contributed by atoms with Crippen LogP contribution < -0.4 is 14.8 Å². The van der Waals surface area contributed by atoms with Crippen molar-refractivity contribution >= 4 is 38.9 Å². The molecular formula is C17H16Cl2N2O3S. The first-order valence-electron chi connectivity index (χ1n) is 7.93. The standard InChI is InChI=1S/C17H16Cl2N2O3S/c18-14-3-2-11(8-15(14)19)25(22,23)21-10-1-4-16-13(7-10)12-5-6-20-9-17(12)24-16/h1-4,7-8,12,17,20-21H,5-6,9H2. The highest BCUT2D eigenvalue weighted by Crippen LogP contribution is 2.42. The maximum Gasteiger partial charge on any atom is 0.261 e. The number of piperidine rings is 1. The van der Waals surface area contributed by atoms with Crippen molar-refractivity contribution in [3.8, 4) is 5.75 Å². The smallest absolute Gasteiger partial charge is 0.261 e. The van der Waals surface area contributed by atoms with Gasteiger partial charge in [0.2, 0.25) is 0 Å². The van der Waals surface area contributed by atoms with Crippen LogP contribution in [0.3, 0.4) is 0 Å². The Morgan fingerprint density at radius 3 is 2.76 bits per heavy atom. The van der Waals surface area contributed by atoms with E-state index in [9.17, 15) is 8.42 Å². The van der Waals surface area contributed by atoms with Gasteiger partial charge in [-0.3, -0.25) is 4.72 Å². The molecule has 2 N–H and O–H groups in total. The van der Waals surface area contributed by atoms with E-state index < -0.39 is 10.0 Å². The van der Waals surface area contributed by atoms with E-state index in [4.69, 9.17) is 27.9 Å². The number of rotatable bonds is 3. The summed E-state index contributed by atoms with van der Waals surface area (Å²) in [6.07, 6.45) is 1.09. The van der Waals surface area contributed by atoms with Gasteiger partial charge >= 0.3 is 0 Å². The molecule has 0 amide bonds. The molecule has 8 heteroatoms. The second-order valence-electron chi connectivity index (χ2n) is 6.19. The summed E-state index contributed by atoms with van der Waals surface area (Å²) in [4.78, 5) is 0.0680. The lowest BCUT2D eigenvalue weighted by atomic mass is 9.89. The van der Waals surface area contributed by atoms with Gasteiger partial charge in [0.25, 0.3) is 10.0 Å². The van der Waals surface area contributed by atoms with Crippen molar-refractivity contribution in [1.82, 2.24) is 5.32 Å². The average molecular weight is 399 g/mol. The molecule has 0 aliphatic carbocycles. The van der Waals surface area contributed by atoms with E-state index in [0.717, 1.165) is 30.8 Å². The first-order valence-corrected chi connectivity index (χ1v) is 10.2. The number of ether oxygens (including phenoxy) is 1. The van der Waals surface area contributed by atoms with Crippen LogP contribution in [0.4, 0.5) is 5.69 Å². The van der Waals surface area contributed by atoms with Crippen molar-refractivity contribution in [2.24, 2.45) is 0 Å². The predicted octanol–water partition coefficient (Wildman–Crippen LogP) is 3.63. The molecule has 2 aliphatic rings. The zero-order chi connectivity index (χ0) is 17.6. The minimum Gasteiger partial charge on any atom is -0.488 e. The van der Waals surface area contributed by atoms with Gasteiger partial charge in [-0.05, 0) is 49.4 Å². The van der Waals surface area contributed by atoms with Gasteiger partial charge in [-0.25, -0.2) is 8.42 Å². The summed E-state index contributed by atoms with van der Waals surface area (Å²) in [6.45, 7) is 1.74. The third-order valence-electron chi connectivity index (χ3n) is 4.57. The molecule has 0 bridgehead atoms. The second-order valence-corrected chi connectivity index (χ2v) is 8.69. The summed E-state index contributed by atoms with van der Waals surface area (Å²) in [7, 11) is -3.75. The third kappa shape index (κ3) is 3.19. The highest BCUT2D eigenvalue weighted by molar-refractivity contribution is 7.92. The highest BCUT2D eigenvalue weighted by Gasteiger charge is 2.36. The van der Waals surface area contributed by atoms with Crippen LogP contribution in [0.5, 0.6) is 5.75 Å². The van der Waals surface area contributed by atoms with Gasteiger partial charge < -0.3 is 10.1 Å². The van der Waals surface area contributed by atoms with Gasteiger partial charge in [-0.1, -0.05) is 23.2 Å². The lowest BCUT2D eigenvalue weighted by molar-refractivity contribution is 0.177. The van der Waals surface area contributed by atoms with Gasteiger partial charge in [0, 0.05) is 23.7 Å². The Balaban J connectivity index is 1.62. The van der Waals surface area contributed by atoms with Gasteiger partial charge in [0.05, 0.1) is 14.9 Å². The number of benzene rings is 2. The van der Waals surface area contributed by atoms with Crippen molar-refractivity contribution in [1.29, 1.82) is 0 Å². The molecule has 132 valence electrons. The topological polar surface area (TPSA) is 67.4 Å². The lowest BCUT2D eigenvalue weighted by Crippen LogP contribution is -2.39. The summed E-state index contributed by atoms with van der Waals surface area (Å²) in [5.74, 6) is 1.13. The Labute approximate surface area is 156 Å². The van der Waals surface area contributed by atoms with Crippen molar-refractivity contribution in [2.75, 3.05) is 17.8 Å². The number of nitrogens with one attached hydrogen (secondary N) is 2. The normalized spacial score (nSPS) is 22.0. The highest BCUT2D eigenvalue weighted by atomic mass is 35.5. The zero-order valence-corrected chi connectivity index (χ0v) is 15.5. The summed E-state index contributed by atoms with van der Waals surface area (Å²) < 4.78 is 33.7. The van der Waals surface area contributed by atoms with E-state index in [1.807, 2.05) is 12.1 Å². The monoisotopic (exact) mass is 398 g/mol. The largest absolute Gasteiger partial charge is 0.488 e. The minimum atomic E-state index is -3.75. The second kappa shape index (κ2) is 6.36. The fourth-order valence-electron chi connectivity index (χ4n) is 3.34. The maximum atomic E-state index is 12.6. The summed E-state index contributed by atoms with van der Waals surface area (Å²) in [5.41, 5.74) is 1.56. The zero-order valence-electron chi connectivity index (χ0n) is 13.1. The van der Waals surface area contributed by atoms with Crippen LogP contribution >= 0.6 is 23.2 Å². The fraction of sp³-hybridized carbons (Fsp3) is 0.294. The number of sulfonamides is 1. The molecule has 4 rings (SSSR count). The van der Waals surface area contributed by atoms with Crippen LogP contribution in [0, 0.1) is 0 Å². The Morgan fingerprint density at radius 1 is 1.12 bits per heavy atom. The molecular weight excluding hydrogens is 383 g/mol. The fourth-order valence-corrected chi connectivity index (χ4v) is 4.78. The molecule has 1 saturated heterocycles. The first-order chi connectivity index (χ1) is 11.9. The Hall–Kier alpha value is -1.47. The van der Waals surface area contributed by atoms with Crippen LogP contribution in [-0.4, -0.2) is 27.6 Å². The summed E-state index contributed by atoms with van der Waals surface area (Å²) >= 11 is 11.8. The maximum absolute atomic E-state index is 12.6. The molecule has 2 aromatic rings. The lowest BCUT2D eigenvalue weighted by Gasteiger charge is -2.24. The number of hydrogen-bond donors (Lipinski definition) is 2. The Bertz CT molecular complexity index is 933. The van der Waals surface area contributed by atoms with Crippen molar-refractivity contribution < 1.29 is 13.2 Å². The molecule has 2 aliphatic heterocycles. The number of halogens is 2. The van der Waals surface area contributed by atoms with Gasteiger partial charge in [-0.15, -0.1) is 0 Å². The van der Waals surface area contributed by atoms with Crippen molar-refractivity contribution in [3.63, 3.8) is 0 Å². The van der Waals surface area contributed by atoms with Gasteiger partial charge in [0.1, 0.15) is 11.9 Å². The molecule has 0 saturated carbocycles. The van der Waals surface area contributed by atoms with Crippen LogP contribution in [0.25, 0.3) is 0 Å². The molecule has 0 radical (unpaired) electrons. The van der Waals surface area contributed by atoms with E-state index in [0.29, 0.717) is 16.6 Å². The minimum absolute atomic E-state index is 0.0680. The molecule has 2 unspecified atom stereocenters. The Kier molecular flexibility index (Phi) is 4.32. The summed E-state index contributed by atoms with van der Waals surface area (Å²) in [5, 5.41) is 3.83. The molecule has 2 atom stereocenters. The van der Waals surface area contributed by atoms with E-state index in [1.165, 1.54) is 18.2 Å². The SMILES string of the molecule is O=S(=O)(Nc1ccc2c(c1)C1CCNCC1O2)c1ccc(Cl)c(Cl)c1. The van der Waals surface area contributed by atoms with Crippen LogP contribution in [0.15, 0.2) is 41.3 Å². The molecule has 0 aromatic heterocycles. The van der Waals surface area contributed by atoms with Crippen molar-refractivity contribution in [2.45, 2.75) is 23.3 Å². The number of hydrogen-bond acceptors (Lipinski definition) is 4. The van der Waals surface area contributed by atoms with Gasteiger partial charge in [-0.2, -0.15) is 0 Å². The average Bonchev–Trinajstić information content (AvgIpc) is 2.95. The molecule has 25 heavy (non-hydrogen) atoms. The van der Waals surface area contributed by atoms with Crippen molar-refractivity contribution in [3.05, 3.63) is 52.0 Å². The number of fused-ring (bicyclic) bond motifs is 3. The molecule has 1 fully saturated rings. The quantitative estimate of drug-likeness (QED) is 0.827.